The van der Waals surface area contributed by atoms with Gasteiger partial charge in [0.05, 0.1) is 5.02 Å². The molecule has 2 saturated heterocycles. The van der Waals surface area contributed by atoms with Gasteiger partial charge in [-0.1, -0.05) is 67.4 Å². The third kappa shape index (κ3) is 5.56. The van der Waals surface area contributed by atoms with Crippen molar-refractivity contribution < 1.29 is 9.53 Å². The van der Waals surface area contributed by atoms with Gasteiger partial charge in [-0.05, 0) is 66.3 Å². The molecule has 0 aliphatic carbocycles. The van der Waals surface area contributed by atoms with Crippen LogP contribution in [-0.4, -0.2) is 29.0 Å². The summed E-state index contributed by atoms with van der Waals surface area (Å²) in [7, 11) is 0. The summed E-state index contributed by atoms with van der Waals surface area (Å²) >= 11 is 14.0. The molecule has 2 aliphatic rings. The van der Waals surface area contributed by atoms with Gasteiger partial charge in [0.15, 0.2) is 0 Å². The highest BCUT2D eigenvalue weighted by molar-refractivity contribution is 7.98. The maximum atomic E-state index is 13.5. The lowest BCUT2D eigenvalue weighted by atomic mass is 9.97. The molecule has 0 N–H and O–H groups in total. The molecule has 5 rings (SSSR count). The van der Waals surface area contributed by atoms with Crippen molar-refractivity contribution >= 4 is 40.9 Å². The van der Waals surface area contributed by atoms with E-state index in [1.807, 2.05) is 42.5 Å². The molecule has 6 heteroatoms. The number of carbonyl (C=O) groups excluding carboxylic acids is 1. The second-order valence-corrected chi connectivity index (χ2v) is 11.9. The number of rotatable bonds is 7. The first-order chi connectivity index (χ1) is 17.4. The standard InChI is InChI=1S/C30H31Cl2NO2S/c1-19(2)26-5-3-4-6-28(26)35-25-16-23-12-13-24(17-25)33(23)30(34)21-9-7-20(8-10-21)18-36-29-14-11-22(31)15-27(29)32/h3-11,14-15,19,23-25H,12-13,16-18H2,1-2H3. The van der Waals surface area contributed by atoms with Gasteiger partial charge in [-0.2, -0.15) is 0 Å². The van der Waals surface area contributed by atoms with Crippen LogP contribution in [0.2, 0.25) is 10.0 Å². The number of thioether (sulfide) groups is 1. The fourth-order valence-corrected chi connectivity index (χ4v) is 6.89. The van der Waals surface area contributed by atoms with Gasteiger partial charge in [0.2, 0.25) is 0 Å². The zero-order valence-electron chi connectivity index (χ0n) is 20.6. The second-order valence-electron chi connectivity index (χ2n) is 10.1. The first-order valence-corrected chi connectivity index (χ1v) is 14.4. The molecule has 0 aromatic heterocycles. The molecule has 1 amide bonds. The van der Waals surface area contributed by atoms with E-state index >= 15 is 0 Å². The normalized spacial score (nSPS) is 21.1. The predicted molar refractivity (Wildman–Crippen MR) is 150 cm³/mol. The highest BCUT2D eigenvalue weighted by atomic mass is 35.5. The van der Waals surface area contributed by atoms with Crippen LogP contribution in [0.3, 0.4) is 0 Å². The topological polar surface area (TPSA) is 29.5 Å². The van der Waals surface area contributed by atoms with Crippen LogP contribution in [-0.2, 0) is 5.75 Å². The zero-order valence-corrected chi connectivity index (χ0v) is 23.0. The first kappa shape index (κ1) is 25.5. The van der Waals surface area contributed by atoms with Crippen LogP contribution in [0, 0.1) is 0 Å². The van der Waals surface area contributed by atoms with Crippen LogP contribution < -0.4 is 4.74 Å². The van der Waals surface area contributed by atoms with Crippen molar-refractivity contribution in [3.63, 3.8) is 0 Å². The Morgan fingerprint density at radius 1 is 1.00 bits per heavy atom. The molecule has 188 valence electrons. The van der Waals surface area contributed by atoms with Crippen molar-refractivity contribution in [2.45, 2.75) is 74.3 Å². The molecule has 2 heterocycles. The van der Waals surface area contributed by atoms with Crippen molar-refractivity contribution in [2.75, 3.05) is 0 Å². The van der Waals surface area contributed by atoms with Gasteiger partial charge in [0, 0.05) is 46.2 Å². The summed E-state index contributed by atoms with van der Waals surface area (Å²) in [5.41, 5.74) is 3.16. The van der Waals surface area contributed by atoms with E-state index in [-0.39, 0.29) is 24.1 Å². The van der Waals surface area contributed by atoms with Gasteiger partial charge >= 0.3 is 0 Å². The number of nitrogens with zero attached hydrogens (tertiary/aromatic N) is 1. The number of hydrogen-bond donors (Lipinski definition) is 0. The van der Waals surface area contributed by atoms with E-state index in [1.165, 1.54) is 5.56 Å². The smallest absolute Gasteiger partial charge is 0.254 e. The van der Waals surface area contributed by atoms with Crippen LogP contribution in [0.1, 0.15) is 66.9 Å². The molecule has 3 aromatic carbocycles. The van der Waals surface area contributed by atoms with Crippen molar-refractivity contribution in [2.24, 2.45) is 0 Å². The quantitative estimate of drug-likeness (QED) is 0.281. The largest absolute Gasteiger partial charge is 0.490 e. The third-order valence-corrected chi connectivity index (χ3v) is 9.05. The van der Waals surface area contributed by atoms with Gasteiger partial charge in [-0.15, -0.1) is 11.8 Å². The molecule has 0 radical (unpaired) electrons. The maximum Gasteiger partial charge on any atom is 0.254 e. The minimum atomic E-state index is 0.142. The van der Waals surface area contributed by atoms with Crippen LogP contribution >= 0.6 is 35.0 Å². The number of para-hydroxylation sites is 1. The number of piperidine rings is 1. The zero-order chi connectivity index (χ0) is 25.2. The molecule has 0 saturated carbocycles. The van der Waals surface area contributed by atoms with E-state index in [2.05, 4.69) is 36.9 Å². The molecule has 2 bridgehead atoms. The average molecular weight is 541 g/mol. The fourth-order valence-electron chi connectivity index (χ4n) is 5.45. The van der Waals surface area contributed by atoms with E-state index in [0.29, 0.717) is 16.0 Å². The number of halogens is 2. The molecular weight excluding hydrogens is 509 g/mol. The summed E-state index contributed by atoms with van der Waals surface area (Å²) in [5.74, 6) is 2.33. The summed E-state index contributed by atoms with van der Waals surface area (Å²) in [6.07, 6.45) is 4.05. The summed E-state index contributed by atoms with van der Waals surface area (Å²) < 4.78 is 6.50. The molecule has 0 spiro atoms. The van der Waals surface area contributed by atoms with Gasteiger partial charge in [0.1, 0.15) is 11.9 Å². The monoisotopic (exact) mass is 539 g/mol. The van der Waals surface area contributed by atoms with Gasteiger partial charge in [-0.3, -0.25) is 4.79 Å². The molecule has 2 unspecified atom stereocenters. The summed E-state index contributed by atoms with van der Waals surface area (Å²) in [6, 6.07) is 22.4. The van der Waals surface area contributed by atoms with Crippen LogP contribution in [0.5, 0.6) is 5.75 Å². The lowest BCUT2D eigenvalue weighted by Crippen LogP contribution is -2.49. The van der Waals surface area contributed by atoms with Gasteiger partial charge in [0.25, 0.3) is 5.91 Å². The van der Waals surface area contributed by atoms with Gasteiger partial charge in [-0.25, -0.2) is 0 Å². The number of benzene rings is 3. The minimum Gasteiger partial charge on any atom is -0.490 e. The molecule has 2 atom stereocenters. The van der Waals surface area contributed by atoms with Gasteiger partial charge < -0.3 is 9.64 Å². The molecule has 3 aromatic rings. The molecule has 3 nitrogen and oxygen atoms in total. The van der Waals surface area contributed by atoms with E-state index in [9.17, 15) is 4.79 Å². The SMILES string of the molecule is CC(C)c1ccccc1OC1CC2CCC(C1)N2C(=O)c1ccc(CSc2ccc(Cl)cc2Cl)cc1. The number of hydrogen-bond acceptors (Lipinski definition) is 3. The maximum absolute atomic E-state index is 13.5. The Labute approximate surface area is 228 Å². The third-order valence-electron chi connectivity index (χ3n) is 7.25. The lowest BCUT2D eigenvalue weighted by molar-refractivity contribution is 0.0356. The average Bonchev–Trinajstić information content (AvgIpc) is 3.13. The second kappa shape index (κ2) is 11.1. The highest BCUT2D eigenvalue weighted by Gasteiger charge is 2.44. The summed E-state index contributed by atoms with van der Waals surface area (Å²) in [4.78, 5) is 16.6. The Morgan fingerprint density at radius 3 is 2.36 bits per heavy atom. The fraction of sp³-hybridized carbons (Fsp3) is 0.367. The number of amides is 1. The van der Waals surface area contributed by atoms with Crippen LogP contribution in [0.15, 0.2) is 71.6 Å². The predicted octanol–water partition coefficient (Wildman–Crippen LogP) is 8.62. The molecule has 36 heavy (non-hydrogen) atoms. The molecule has 2 fully saturated rings. The van der Waals surface area contributed by atoms with E-state index < -0.39 is 0 Å². The van der Waals surface area contributed by atoms with Crippen LogP contribution in [0.4, 0.5) is 0 Å². The van der Waals surface area contributed by atoms with Crippen molar-refractivity contribution in [1.29, 1.82) is 0 Å². The minimum absolute atomic E-state index is 0.142. The van der Waals surface area contributed by atoms with E-state index in [4.69, 9.17) is 27.9 Å². The van der Waals surface area contributed by atoms with E-state index in [0.717, 1.165) is 53.2 Å². The Hall–Kier alpha value is -2.14. The Balaban J connectivity index is 1.21. The first-order valence-electron chi connectivity index (χ1n) is 12.6. The summed E-state index contributed by atoms with van der Waals surface area (Å²) in [5, 5.41) is 1.30. The van der Waals surface area contributed by atoms with Crippen molar-refractivity contribution in [1.82, 2.24) is 4.90 Å². The Bertz CT molecular complexity index is 1220. The van der Waals surface area contributed by atoms with Crippen LogP contribution in [0.25, 0.3) is 0 Å². The Morgan fingerprint density at radius 2 is 1.69 bits per heavy atom. The van der Waals surface area contributed by atoms with Crippen molar-refractivity contribution in [3.05, 3.63) is 93.5 Å². The highest BCUT2D eigenvalue weighted by Crippen LogP contribution is 2.39. The van der Waals surface area contributed by atoms with E-state index in [1.54, 1.807) is 17.8 Å². The Kier molecular flexibility index (Phi) is 7.85. The molecular formula is C30H31Cl2NO2S. The lowest BCUT2D eigenvalue weighted by Gasteiger charge is -2.39. The van der Waals surface area contributed by atoms with Crippen molar-refractivity contribution in [3.8, 4) is 5.75 Å². The number of carbonyl (C=O) groups is 1. The number of fused-ring (bicyclic) bond motifs is 2. The number of ether oxygens (including phenoxy) is 1. The summed E-state index contributed by atoms with van der Waals surface area (Å²) in [6.45, 7) is 4.40. The molecule has 2 aliphatic heterocycles.